The summed E-state index contributed by atoms with van der Waals surface area (Å²) in [6.07, 6.45) is 12.9. The van der Waals surface area contributed by atoms with Gasteiger partial charge in [-0.3, -0.25) is 4.98 Å². The van der Waals surface area contributed by atoms with Gasteiger partial charge in [-0.25, -0.2) is 0 Å². The maximum absolute atomic E-state index is 6.17. The minimum Gasteiger partial charge on any atom is -0.253 e. The topological polar surface area (TPSA) is 12.9 Å². The largest absolute Gasteiger partial charge is 0.253 e. The first kappa shape index (κ1) is 18.5. The molecular formula is C25H28ClN. The van der Waals surface area contributed by atoms with Gasteiger partial charge in [0.15, 0.2) is 0 Å². The standard InChI is InChI=1S/C25H28ClN/c26-20-17-15-19(16-18-20)25-21-11-7-5-3-1-2-4-6-8-13-23(21)27-24-14-10-9-12-22(24)25/h9-10,12,14-18H,1-8,11,13H2. The van der Waals surface area contributed by atoms with Crippen LogP contribution in [0.3, 0.4) is 0 Å². The van der Waals surface area contributed by atoms with Gasteiger partial charge < -0.3 is 0 Å². The van der Waals surface area contributed by atoms with Gasteiger partial charge in [0.2, 0.25) is 0 Å². The lowest BCUT2D eigenvalue weighted by molar-refractivity contribution is 0.557. The summed E-state index contributed by atoms with van der Waals surface area (Å²) in [6.45, 7) is 0. The number of nitrogens with zero attached hydrogens (tertiary/aromatic N) is 1. The van der Waals surface area contributed by atoms with Crippen molar-refractivity contribution < 1.29 is 0 Å². The summed E-state index contributed by atoms with van der Waals surface area (Å²) in [6, 6.07) is 17.0. The molecule has 3 aromatic rings. The highest BCUT2D eigenvalue weighted by Gasteiger charge is 2.16. The first-order valence-corrected chi connectivity index (χ1v) is 10.9. The van der Waals surface area contributed by atoms with Crippen molar-refractivity contribution >= 4 is 22.5 Å². The molecule has 0 spiro atoms. The fourth-order valence-corrected chi connectivity index (χ4v) is 4.51. The molecule has 27 heavy (non-hydrogen) atoms. The van der Waals surface area contributed by atoms with Crippen LogP contribution in [-0.2, 0) is 12.8 Å². The average Bonchev–Trinajstić information content (AvgIpc) is 2.68. The van der Waals surface area contributed by atoms with E-state index >= 15 is 0 Å². The van der Waals surface area contributed by atoms with Gasteiger partial charge in [0, 0.05) is 16.1 Å². The molecule has 0 N–H and O–H groups in total. The molecule has 2 heteroatoms. The zero-order chi connectivity index (χ0) is 18.5. The minimum atomic E-state index is 0.793. The second-order valence-electron chi connectivity index (χ2n) is 7.76. The lowest BCUT2D eigenvalue weighted by Crippen LogP contribution is -2.04. The van der Waals surface area contributed by atoms with Gasteiger partial charge >= 0.3 is 0 Å². The van der Waals surface area contributed by atoms with E-state index in [1.807, 2.05) is 12.1 Å². The van der Waals surface area contributed by atoms with E-state index in [-0.39, 0.29) is 0 Å². The molecule has 1 aliphatic rings. The van der Waals surface area contributed by atoms with Crippen LogP contribution in [0.2, 0.25) is 5.02 Å². The SMILES string of the molecule is Clc1ccc(-c2c3c(nc4ccccc24)CCCCCCCCCC3)cc1. The third kappa shape index (κ3) is 4.35. The van der Waals surface area contributed by atoms with E-state index in [0.29, 0.717) is 0 Å². The molecule has 0 saturated carbocycles. The molecular weight excluding hydrogens is 350 g/mol. The molecule has 1 aliphatic carbocycles. The molecule has 0 amide bonds. The fraction of sp³-hybridized carbons (Fsp3) is 0.400. The molecule has 0 atom stereocenters. The number of halogens is 1. The Balaban J connectivity index is 1.86. The highest BCUT2D eigenvalue weighted by atomic mass is 35.5. The Morgan fingerprint density at radius 3 is 2.04 bits per heavy atom. The van der Waals surface area contributed by atoms with Crippen LogP contribution < -0.4 is 0 Å². The molecule has 0 bridgehead atoms. The highest BCUT2D eigenvalue weighted by molar-refractivity contribution is 6.30. The lowest BCUT2D eigenvalue weighted by Gasteiger charge is -2.18. The fourth-order valence-electron chi connectivity index (χ4n) is 4.38. The zero-order valence-corrected chi connectivity index (χ0v) is 16.8. The van der Waals surface area contributed by atoms with Crippen LogP contribution in [-0.4, -0.2) is 4.98 Å². The molecule has 0 fully saturated rings. The summed E-state index contributed by atoms with van der Waals surface area (Å²) in [7, 11) is 0. The van der Waals surface area contributed by atoms with E-state index in [2.05, 4.69) is 36.4 Å². The molecule has 1 heterocycles. The number of hydrogen-bond acceptors (Lipinski definition) is 1. The molecule has 0 unspecified atom stereocenters. The van der Waals surface area contributed by atoms with Crippen LogP contribution in [0.25, 0.3) is 22.0 Å². The molecule has 0 aliphatic heterocycles. The van der Waals surface area contributed by atoms with Crippen LogP contribution >= 0.6 is 11.6 Å². The van der Waals surface area contributed by atoms with Crippen LogP contribution in [0.4, 0.5) is 0 Å². The number of benzene rings is 2. The minimum absolute atomic E-state index is 0.793. The monoisotopic (exact) mass is 377 g/mol. The van der Waals surface area contributed by atoms with Crippen molar-refractivity contribution in [2.75, 3.05) is 0 Å². The predicted octanol–water partition coefficient (Wildman–Crippen LogP) is 7.77. The van der Waals surface area contributed by atoms with Crippen LogP contribution in [0.15, 0.2) is 48.5 Å². The van der Waals surface area contributed by atoms with E-state index in [1.54, 1.807) is 0 Å². The molecule has 4 rings (SSSR count). The predicted molar refractivity (Wildman–Crippen MR) is 117 cm³/mol. The molecule has 1 nitrogen and oxygen atoms in total. The van der Waals surface area contributed by atoms with Gasteiger partial charge in [0.05, 0.1) is 5.52 Å². The van der Waals surface area contributed by atoms with Crippen LogP contribution in [0.5, 0.6) is 0 Å². The van der Waals surface area contributed by atoms with Gasteiger partial charge in [-0.15, -0.1) is 0 Å². The maximum Gasteiger partial charge on any atom is 0.0711 e. The van der Waals surface area contributed by atoms with Crippen molar-refractivity contribution in [2.24, 2.45) is 0 Å². The molecule has 1 aromatic heterocycles. The van der Waals surface area contributed by atoms with E-state index in [1.165, 1.54) is 79.1 Å². The van der Waals surface area contributed by atoms with E-state index in [9.17, 15) is 0 Å². The van der Waals surface area contributed by atoms with Gasteiger partial charge in [0.1, 0.15) is 0 Å². The molecule has 0 radical (unpaired) electrons. The van der Waals surface area contributed by atoms with E-state index in [4.69, 9.17) is 16.6 Å². The summed E-state index contributed by atoms with van der Waals surface area (Å²) in [5.41, 5.74) is 6.55. The Morgan fingerprint density at radius 1 is 0.667 bits per heavy atom. The van der Waals surface area contributed by atoms with Crippen LogP contribution in [0.1, 0.15) is 62.6 Å². The lowest BCUT2D eigenvalue weighted by atomic mass is 9.89. The van der Waals surface area contributed by atoms with Gasteiger partial charge in [-0.05, 0) is 60.6 Å². The van der Waals surface area contributed by atoms with Crippen molar-refractivity contribution in [1.82, 2.24) is 4.98 Å². The number of fused-ring (bicyclic) bond motifs is 2. The Kier molecular flexibility index (Phi) is 6.09. The van der Waals surface area contributed by atoms with Gasteiger partial charge in [0.25, 0.3) is 0 Å². The molecule has 140 valence electrons. The van der Waals surface area contributed by atoms with Crippen molar-refractivity contribution in [1.29, 1.82) is 0 Å². The second-order valence-corrected chi connectivity index (χ2v) is 8.20. The summed E-state index contributed by atoms with van der Waals surface area (Å²) >= 11 is 6.17. The first-order valence-electron chi connectivity index (χ1n) is 10.5. The van der Waals surface area contributed by atoms with Crippen molar-refractivity contribution in [3.63, 3.8) is 0 Å². The zero-order valence-electron chi connectivity index (χ0n) is 16.0. The Bertz CT molecular complexity index is 898. The Morgan fingerprint density at radius 2 is 1.30 bits per heavy atom. The van der Waals surface area contributed by atoms with Crippen molar-refractivity contribution in [3.8, 4) is 11.1 Å². The molecule has 0 saturated heterocycles. The summed E-state index contributed by atoms with van der Waals surface area (Å²) in [5.74, 6) is 0. The first-order chi connectivity index (χ1) is 13.3. The van der Waals surface area contributed by atoms with Crippen molar-refractivity contribution in [2.45, 2.75) is 64.2 Å². The maximum atomic E-state index is 6.17. The normalized spacial score (nSPS) is 16.3. The van der Waals surface area contributed by atoms with Gasteiger partial charge in [-0.2, -0.15) is 0 Å². The molecule has 2 aromatic carbocycles. The van der Waals surface area contributed by atoms with Crippen molar-refractivity contribution in [3.05, 3.63) is 64.8 Å². The number of aryl methyl sites for hydroxylation is 1. The number of pyridine rings is 1. The number of hydrogen-bond donors (Lipinski definition) is 0. The average molecular weight is 378 g/mol. The number of rotatable bonds is 1. The third-order valence-electron chi connectivity index (χ3n) is 5.80. The Hall–Kier alpha value is -1.86. The van der Waals surface area contributed by atoms with Gasteiger partial charge in [-0.1, -0.05) is 80.5 Å². The third-order valence-corrected chi connectivity index (χ3v) is 6.05. The summed E-state index contributed by atoms with van der Waals surface area (Å²) < 4.78 is 0. The highest BCUT2D eigenvalue weighted by Crippen LogP contribution is 2.35. The van der Waals surface area contributed by atoms with E-state index in [0.717, 1.165) is 23.4 Å². The summed E-state index contributed by atoms with van der Waals surface area (Å²) in [5, 5.41) is 2.06. The smallest absolute Gasteiger partial charge is 0.0711 e. The van der Waals surface area contributed by atoms with E-state index < -0.39 is 0 Å². The van der Waals surface area contributed by atoms with Crippen LogP contribution in [0, 0.1) is 0 Å². The summed E-state index contributed by atoms with van der Waals surface area (Å²) in [4.78, 5) is 5.12. The quantitative estimate of drug-likeness (QED) is 0.422. The number of para-hydroxylation sites is 1. The Labute approximate surface area is 167 Å². The second kappa shape index (κ2) is 8.89. The number of aromatic nitrogens is 1.